The zero-order chi connectivity index (χ0) is 8.67. The van der Waals surface area contributed by atoms with E-state index in [0.717, 1.165) is 23.0 Å². The van der Waals surface area contributed by atoms with E-state index in [9.17, 15) is 0 Å². The Labute approximate surface area is 79.9 Å². The molecule has 2 aromatic heterocycles. The number of nitrogens with zero attached hydrogens (tertiary/aromatic N) is 1. The molecule has 0 radical (unpaired) electrons. The average Bonchev–Trinajstić information content (AvgIpc) is 2.61. The minimum absolute atomic E-state index is 0.981. The number of thioether (sulfide) groups is 1. The molecule has 66 valence electrons. The molecule has 1 aliphatic rings. The summed E-state index contributed by atoms with van der Waals surface area (Å²) >= 11 is 1.81. The zero-order valence-corrected chi connectivity index (χ0v) is 7.82. The fourth-order valence-electron chi connectivity index (χ4n) is 1.54. The molecular weight excluding hydrogens is 182 g/mol. The third kappa shape index (κ3) is 1.09. The lowest BCUT2D eigenvalue weighted by molar-refractivity contribution is 1.09. The molecule has 0 spiro atoms. The molecule has 0 aromatic carbocycles. The molecule has 0 saturated heterocycles. The number of fused-ring (bicyclic) bond motifs is 2. The van der Waals surface area contributed by atoms with Crippen molar-refractivity contribution in [3.63, 3.8) is 0 Å². The van der Waals surface area contributed by atoms with E-state index in [-0.39, 0.29) is 0 Å². The molecule has 3 nitrogen and oxygen atoms in total. The lowest BCUT2D eigenvalue weighted by Gasteiger charge is -2.15. The van der Waals surface area contributed by atoms with E-state index < -0.39 is 0 Å². The zero-order valence-electron chi connectivity index (χ0n) is 7.00. The summed E-state index contributed by atoms with van der Waals surface area (Å²) in [5.74, 6) is 1.10. The van der Waals surface area contributed by atoms with Crippen molar-refractivity contribution in [2.75, 3.05) is 17.6 Å². The molecule has 0 unspecified atom stereocenters. The predicted octanol–water partition coefficient (Wildman–Crippen LogP) is 2.08. The summed E-state index contributed by atoms with van der Waals surface area (Å²) in [6, 6.07) is 4.20. The third-order valence-corrected chi connectivity index (χ3v) is 3.15. The largest absolute Gasteiger partial charge is 0.382 e. The SMILES string of the molecule is c1cc2cc3c(nc2[nH]1)SCCN3. The van der Waals surface area contributed by atoms with Crippen LogP contribution >= 0.6 is 11.8 Å². The minimum Gasteiger partial charge on any atom is -0.382 e. The van der Waals surface area contributed by atoms with Gasteiger partial charge in [-0.1, -0.05) is 0 Å². The molecule has 0 saturated carbocycles. The van der Waals surface area contributed by atoms with Crippen molar-refractivity contribution in [3.8, 4) is 0 Å². The van der Waals surface area contributed by atoms with Gasteiger partial charge in [-0.2, -0.15) is 0 Å². The summed E-state index contributed by atoms with van der Waals surface area (Å²) in [7, 11) is 0. The summed E-state index contributed by atoms with van der Waals surface area (Å²) in [6.45, 7) is 1.04. The molecule has 0 atom stereocenters. The highest BCUT2D eigenvalue weighted by Gasteiger charge is 2.11. The van der Waals surface area contributed by atoms with Crippen LogP contribution in [0.5, 0.6) is 0 Å². The van der Waals surface area contributed by atoms with E-state index in [1.807, 2.05) is 24.0 Å². The van der Waals surface area contributed by atoms with Crippen LogP contribution < -0.4 is 5.32 Å². The van der Waals surface area contributed by atoms with Crippen LogP contribution in [-0.2, 0) is 0 Å². The Kier molecular flexibility index (Phi) is 1.49. The Hall–Kier alpha value is -1.16. The van der Waals surface area contributed by atoms with E-state index in [0.29, 0.717) is 0 Å². The number of aromatic amines is 1. The summed E-state index contributed by atoms with van der Waals surface area (Å²) in [4.78, 5) is 7.64. The summed E-state index contributed by atoms with van der Waals surface area (Å²) < 4.78 is 0. The maximum atomic E-state index is 4.52. The van der Waals surface area contributed by atoms with Gasteiger partial charge in [0.05, 0.1) is 5.69 Å². The van der Waals surface area contributed by atoms with Crippen molar-refractivity contribution >= 4 is 28.5 Å². The number of nitrogens with one attached hydrogen (secondary N) is 2. The van der Waals surface area contributed by atoms with Crippen molar-refractivity contribution in [2.45, 2.75) is 5.03 Å². The molecule has 0 bridgehead atoms. The van der Waals surface area contributed by atoms with Gasteiger partial charge in [-0.15, -0.1) is 11.8 Å². The molecule has 0 amide bonds. The number of aromatic nitrogens is 2. The first-order valence-corrected chi connectivity index (χ1v) is 5.27. The maximum Gasteiger partial charge on any atom is 0.138 e. The Morgan fingerprint density at radius 2 is 2.46 bits per heavy atom. The van der Waals surface area contributed by atoms with Crippen molar-refractivity contribution in [2.24, 2.45) is 0 Å². The number of pyridine rings is 1. The smallest absolute Gasteiger partial charge is 0.138 e. The summed E-state index contributed by atoms with van der Waals surface area (Å²) in [6.07, 6.45) is 1.92. The van der Waals surface area contributed by atoms with E-state index in [4.69, 9.17) is 0 Å². The Morgan fingerprint density at radius 1 is 1.46 bits per heavy atom. The van der Waals surface area contributed by atoms with Crippen molar-refractivity contribution < 1.29 is 0 Å². The summed E-state index contributed by atoms with van der Waals surface area (Å²) in [5, 5.41) is 5.63. The number of hydrogen-bond acceptors (Lipinski definition) is 3. The molecule has 1 aliphatic heterocycles. The van der Waals surface area contributed by atoms with Crippen LogP contribution in [0.3, 0.4) is 0 Å². The van der Waals surface area contributed by atoms with E-state index >= 15 is 0 Å². The summed E-state index contributed by atoms with van der Waals surface area (Å²) in [5.41, 5.74) is 2.15. The maximum absolute atomic E-state index is 4.52. The van der Waals surface area contributed by atoms with Gasteiger partial charge in [0.1, 0.15) is 10.7 Å². The molecule has 0 aliphatic carbocycles. The quantitative estimate of drug-likeness (QED) is 0.669. The van der Waals surface area contributed by atoms with E-state index in [1.54, 1.807) is 0 Å². The Morgan fingerprint density at radius 3 is 3.46 bits per heavy atom. The first-order valence-electron chi connectivity index (χ1n) is 4.28. The van der Waals surface area contributed by atoms with Gasteiger partial charge in [-0.3, -0.25) is 0 Å². The second kappa shape index (κ2) is 2.67. The van der Waals surface area contributed by atoms with Crippen LogP contribution in [0.4, 0.5) is 5.69 Å². The molecule has 2 aromatic rings. The van der Waals surface area contributed by atoms with E-state index in [2.05, 4.69) is 21.4 Å². The van der Waals surface area contributed by atoms with Crippen molar-refractivity contribution in [1.29, 1.82) is 0 Å². The van der Waals surface area contributed by atoms with Crippen LogP contribution in [0.2, 0.25) is 0 Å². The number of rotatable bonds is 0. The second-order valence-corrected chi connectivity index (χ2v) is 4.12. The van der Waals surface area contributed by atoms with Gasteiger partial charge in [0.2, 0.25) is 0 Å². The molecule has 0 fully saturated rings. The van der Waals surface area contributed by atoms with E-state index in [1.165, 1.54) is 11.1 Å². The Balaban J connectivity index is 2.28. The molecule has 3 heterocycles. The topological polar surface area (TPSA) is 40.7 Å². The first-order chi connectivity index (χ1) is 6.43. The van der Waals surface area contributed by atoms with Gasteiger partial charge in [0, 0.05) is 23.9 Å². The fourth-order valence-corrected chi connectivity index (χ4v) is 2.37. The van der Waals surface area contributed by atoms with Crippen LogP contribution in [0.15, 0.2) is 23.4 Å². The molecular formula is C9H9N3S. The monoisotopic (exact) mass is 191 g/mol. The lowest BCUT2D eigenvalue weighted by atomic mass is 10.3. The first kappa shape index (κ1) is 7.26. The highest BCUT2D eigenvalue weighted by Crippen LogP contribution is 2.31. The van der Waals surface area contributed by atoms with Crippen LogP contribution in [0, 0.1) is 0 Å². The number of H-pyrrole nitrogens is 1. The predicted molar refractivity (Wildman–Crippen MR) is 55.3 cm³/mol. The van der Waals surface area contributed by atoms with Crippen molar-refractivity contribution in [1.82, 2.24) is 9.97 Å². The highest BCUT2D eigenvalue weighted by molar-refractivity contribution is 7.99. The molecule has 13 heavy (non-hydrogen) atoms. The van der Waals surface area contributed by atoms with Gasteiger partial charge in [-0.25, -0.2) is 4.98 Å². The second-order valence-electron chi connectivity index (χ2n) is 3.03. The van der Waals surface area contributed by atoms with Crippen molar-refractivity contribution in [3.05, 3.63) is 18.3 Å². The third-order valence-electron chi connectivity index (χ3n) is 2.16. The lowest BCUT2D eigenvalue weighted by Crippen LogP contribution is -2.10. The normalized spacial score (nSPS) is 15.4. The van der Waals surface area contributed by atoms with Gasteiger partial charge >= 0.3 is 0 Å². The van der Waals surface area contributed by atoms with Gasteiger partial charge in [-0.05, 0) is 12.1 Å². The van der Waals surface area contributed by atoms with Crippen LogP contribution in [-0.4, -0.2) is 22.3 Å². The number of anilines is 1. The highest BCUT2D eigenvalue weighted by atomic mass is 32.2. The fraction of sp³-hybridized carbons (Fsp3) is 0.222. The van der Waals surface area contributed by atoms with Crippen LogP contribution in [0.25, 0.3) is 11.0 Å². The van der Waals surface area contributed by atoms with Gasteiger partial charge < -0.3 is 10.3 Å². The Bertz CT molecular complexity index is 409. The van der Waals surface area contributed by atoms with Crippen LogP contribution in [0.1, 0.15) is 0 Å². The molecule has 2 N–H and O–H groups in total. The van der Waals surface area contributed by atoms with Gasteiger partial charge in [0.15, 0.2) is 0 Å². The van der Waals surface area contributed by atoms with Gasteiger partial charge in [0.25, 0.3) is 0 Å². The minimum atomic E-state index is 0.981. The average molecular weight is 191 g/mol. The molecule has 3 rings (SSSR count). The standard InChI is InChI=1S/C9H9N3S/c1-2-11-8-6(1)5-7-9(12-8)13-4-3-10-7/h1-2,5,10H,3-4H2,(H,11,12). The molecule has 4 heteroatoms. The number of hydrogen-bond donors (Lipinski definition) is 2.